The molecule has 0 radical (unpaired) electrons. The Balaban J connectivity index is 1.60. The number of ether oxygens (including phenoxy) is 1. The first-order valence-corrected chi connectivity index (χ1v) is 7.20. The third-order valence-electron chi connectivity index (χ3n) is 3.71. The lowest BCUT2D eigenvalue weighted by Gasteiger charge is -2.09. The Bertz CT molecular complexity index is 560. The number of rotatable bonds is 7. The molecule has 0 atom stereocenters. The van der Waals surface area contributed by atoms with Crippen molar-refractivity contribution in [1.29, 1.82) is 0 Å². The maximum absolute atomic E-state index is 5.05. The van der Waals surface area contributed by atoms with Crippen LogP contribution >= 0.6 is 0 Å². The second-order valence-electron chi connectivity index (χ2n) is 5.31. The van der Waals surface area contributed by atoms with E-state index in [2.05, 4.69) is 34.7 Å². The SMILES string of the molecule is COCCn1cc(NCc2ccccc2C2CC2)cn1. The van der Waals surface area contributed by atoms with E-state index >= 15 is 0 Å². The fourth-order valence-corrected chi connectivity index (χ4v) is 2.45. The van der Waals surface area contributed by atoms with Crippen LogP contribution in [0.3, 0.4) is 0 Å². The standard InChI is InChI=1S/C16H21N3O/c1-20-9-8-19-12-15(11-18-19)17-10-14-4-2-3-5-16(14)13-6-7-13/h2-5,11-13,17H,6-10H2,1H3. The van der Waals surface area contributed by atoms with Crippen LogP contribution in [0, 0.1) is 0 Å². The van der Waals surface area contributed by atoms with Crippen molar-refractivity contribution >= 4 is 5.69 Å². The van der Waals surface area contributed by atoms with Crippen LogP contribution in [-0.2, 0) is 17.8 Å². The van der Waals surface area contributed by atoms with Crippen LogP contribution < -0.4 is 5.32 Å². The normalized spacial score (nSPS) is 14.4. The first-order chi connectivity index (χ1) is 9.86. The fourth-order valence-electron chi connectivity index (χ4n) is 2.45. The second kappa shape index (κ2) is 6.09. The topological polar surface area (TPSA) is 39.1 Å². The number of anilines is 1. The van der Waals surface area contributed by atoms with Gasteiger partial charge in [0.2, 0.25) is 0 Å². The zero-order chi connectivity index (χ0) is 13.8. The summed E-state index contributed by atoms with van der Waals surface area (Å²) in [4.78, 5) is 0. The summed E-state index contributed by atoms with van der Waals surface area (Å²) >= 11 is 0. The van der Waals surface area contributed by atoms with Gasteiger partial charge in [-0.15, -0.1) is 0 Å². The van der Waals surface area contributed by atoms with Gasteiger partial charge in [-0.25, -0.2) is 0 Å². The minimum absolute atomic E-state index is 0.686. The zero-order valence-electron chi connectivity index (χ0n) is 11.9. The molecule has 0 bridgehead atoms. The molecule has 1 saturated carbocycles. The van der Waals surface area contributed by atoms with Crippen molar-refractivity contribution in [2.75, 3.05) is 19.0 Å². The molecule has 1 fully saturated rings. The summed E-state index contributed by atoms with van der Waals surface area (Å²) in [5.74, 6) is 0.789. The Morgan fingerprint density at radius 2 is 2.20 bits per heavy atom. The first-order valence-electron chi connectivity index (χ1n) is 7.20. The van der Waals surface area contributed by atoms with E-state index in [0.717, 1.165) is 24.7 Å². The van der Waals surface area contributed by atoms with E-state index in [1.54, 1.807) is 7.11 Å². The predicted octanol–water partition coefficient (Wildman–Crippen LogP) is 3.02. The van der Waals surface area contributed by atoms with Crippen LogP contribution in [0.4, 0.5) is 5.69 Å². The first kappa shape index (κ1) is 13.2. The van der Waals surface area contributed by atoms with Gasteiger partial charge in [0, 0.05) is 19.9 Å². The summed E-state index contributed by atoms with van der Waals surface area (Å²) < 4.78 is 6.95. The lowest BCUT2D eigenvalue weighted by Crippen LogP contribution is -2.04. The van der Waals surface area contributed by atoms with E-state index in [1.807, 2.05) is 17.1 Å². The van der Waals surface area contributed by atoms with E-state index in [-0.39, 0.29) is 0 Å². The third-order valence-corrected chi connectivity index (χ3v) is 3.71. The molecule has 1 aromatic heterocycles. The van der Waals surface area contributed by atoms with Gasteiger partial charge in [-0.3, -0.25) is 4.68 Å². The Morgan fingerprint density at radius 3 is 3.00 bits per heavy atom. The van der Waals surface area contributed by atoms with Crippen molar-refractivity contribution in [3.63, 3.8) is 0 Å². The Labute approximate surface area is 119 Å². The van der Waals surface area contributed by atoms with Gasteiger partial charge in [-0.2, -0.15) is 5.10 Å². The molecule has 0 aliphatic heterocycles. The van der Waals surface area contributed by atoms with Crippen molar-refractivity contribution < 1.29 is 4.74 Å². The molecule has 0 unspecified atom stereocenters. The van der Waals surface area contributed by atoms with Crippen LogP contribution in [0.15, 0.2) is 36.7 Å². The zero-order valence-corrected chi connectivity index (χ0v) is 11.9. The summed E-state index contributed by atoms with van der Waals surface area (Å²) in [6.45, 7) is 2.34. The number of nitrogens with one attached hydrogen (secondary N) is 1. The van der Waals surface area contributed by atoms with Gasteiger partial charge in [0.1, 0.15) is 0 Å². The van der Waals surface area contributed by atoms with E-state index in [4.69, 9.17) is 4.74 Å². The Morgan fingerprint density at radius 1 is 1.35 bits per heavy atom. The molecule has 0 spiro atoms. The molecular weight excluding hydrogens is 250 g/mol. The van der Waals surface area contributed by atoms with Crippen molar-refractivity contribution in [2.45, 2.75) is 31.8 Å². The molecule has 1 aromatic carbocycles. The lowest BCUT2D eigenvalue weighted by atomic mass is 10.0. The van der Waals surface area contributed by atoms with E-state index < -0.39 is 0 Å². The van der Waals surface area contributed by atoms with Crippen molar-refractivity contribution in [1.82, 2.24) is 9.78 Å². The van der Waals surface area contributed by atoms with E-state index in [9.17, 15) is 0 Å². The summed E-state index contributed by atoms with van der Waals surface area (Å²) in [5, 5.41) is 7.77. The quantitative estimate of drug-likeness (QED) is 0.841. The van der Waals surface area contributed by atoms with Crippen molar-refractivity contribution in [3.05, 3.63) is 47.8 Å². The highest BCUT2D eigenvalue weighted by molar-refractivity contribution is 5.41. The van der Waals surface area contributed by atoms with Crippen LogP contribution in [0.25, 0.3) is 0 Å². The number of methoxy groups -OCH3 is 1. The van der Waals surface area contributed by atoms with Gasteiger partial charge in [0.15, 0.2) is 0 Å². The van der Waals surface area contributed by atoms with Gasteiger partial charge >= 0.3 is 0 Å². The lowest BCUT2D eigenvalue weighted by molar-refractivity contribution is 0.183. The van der Waals surface area contributed by atoms with Gasteiger partial charge in [-0.1, -0.05) is 24.3 Å². The number of nitrogens with zero attached hydrogens (tertiary/aromatic N) is 2. The second-order valence-corrected chi connectivity index (χ2v) is 5.31. The van der Waals surface area contributed by atoms with Gasteiger partial charge in [0.25, 0.3) is 0 Å². The highest BCUT2D eigenvalue weighted by Crippen LogP contribution is 2.41. The molecule has 1 aliphatic carbocycles. The number of hydrogen-bond donors (Lipinski definition) is 1. The molecule has 106 valence electrons. The average molecular weight is 271 g/mol. The summed E-state index contributed by atoms with van der Waals surface area (Å²) in [7, 11) is 1.71. The molecule has 4 heteroatoms. The molecule has 1 N–H and O–H groups in total. The summed E-state index contributed by atoms with van der Waals surface area (Å²) in [5.41, 5.74) is 3.97. The highest BCUT2D eigenvalue weighted by atomic mass is 16.5. The number of hydrogen-bond acceptors (Lipinski definition) is 3. The molecule has 2 aromatic rings. The smallest absolute Gasteiger partial charge is 0.0729 e. The highest BCUT2D eigenvalue weighted by Gasteiger charge is 2.25. The predicted molar refractivity (Wildman–Crippen MR) is 79.8 cm³/mol. The van der Waals surface area contributed by atoms with Crippen LogP contribution in [-0.4, -0.2) is 23.5 Å². The van der Waals surface area contributed by atoms with Gasteiger partial charge in [0.05, 0.1) is 25.0 Å². The van der Waals surface area contributed by atoms with Crippen molar-refractivity contribution in [3.8, 4) is 0 Å². The molecule has 3 rings (SSSR count). The van der Waals surface area contributed by atoms with E-state index in [1.165, 1.54) is 24.0 Å². The van der Waals surface area contributed by atoms with Crippen LogP contribution in [0.5, 0.6) is 0 Å². The van der Waals surface area contributed by atoms with Crippen molar-refractivity contribution in [2.24, 2.45) is 0 Å². The average Bonchev–Trinajstić information content (AvgIpc) is 3.23. The van der Waals surface area contributed by atoms with Gasteiger partial charge < -0.3 is 10.1 Å². The fraction of sp³-hybridized carbons (Fsp3) is 0.438. The maximum Gasteiger partial charge on any atom is 0.0729 e. The molecule has 4 nitrogen and oxygen atoms in total. The maximum atomic E-state index is 5.05. The summed E-state index contributed by atoms with van der Waals surface area (Å²) in [6, 6.07) is 8.73. The summed E-state index contributed by atoms with van der Waals surface area (Å²) in [6.07, 6.45) is 6.58. The van der Waals surface area contributed by atoms with E-state index in [0.29, 0.717) is 6.61 Å². The third kappa shape index (κ3) is 3.20. The van der Waals surface area contributed by atoms with Crippen LogP contribution in [0.2, 0.25) is 0 Å². The minimum atomic E-state index is 0.686. The molecule has 0 saturated heterocycles. The Hall–Kier alpha value is -1.81. The Kier molecular flexibility index (Phi) is 4.02. The molecular formula is C16H21N3O. The molecule has 1 aliphatic rings. The molecule has 20 heavy (non-hydrogen) atoms. The molecule has 1 heterocycles. The minimum Gasteiger partial charge on any atom is -0.383 e. The number of benzene rings is 1. The largest absolute Gasteiger partial charge is 0.383 e. The molecule has 0 amide bonds. The van der Waals surface area contributed by atoms with Gasteiger partial charge in [-0.05, 0) is 29.9 Å². The number of aromatic nitrogens is 2. The van der Waals surface area contributed by atoms with Crippen LogP contribution in [0.1, 0.15) is 29.9 Å². The monoisotopic (exact) mass is 271 g/mol.